The predicted molar refractivity (Wildman–Crippen MR) is 71.4 cm³/mol. The van der Waals surface area contributed by atoms with E-state index in [9.17, 15) is 4.79 Å². The first-order valence-corrected chi connectivity index (χ1v) is 6.80. The van der Waals surface area contributed by atoms with Crippen LogP contribution in [0.5, 0.6) is 0 Å². The lowest BCUT2D eigenvalue weighted by Gasteiger charge is -2.34. The van der Waals surface area contributed by atoms with Gasteiger partial charge >= 0.3 is 0 Å². The average Bonchev–Trinajstić information content (AvgIpc) is 2.26. The molecule has 1 aliphatic rings. The number of nitrogens with zero attached hydrogens (tertiary/aromatic N) is 2. The van der Waals surface area contributed by atoms with E-state index in [0.29, 0.717) is 16.3 Å². The largest absolute Gasteiger partial charge is 0.341 e. The Bertz CT molecular complexity index is 416. The van der Waals surface area contributed by atoms with Gasteiger partial charge in [0.1, 0.15) is 0 Å². The first-order chi connectivity index (χ1) is 8.08. The number of halogens is 1. The minimum Gasteiger partial charge on any atom is -0.341 e. The Kier molecular flexibility index (Phi) is 3.82. The molecule has 1 aromatic heterocycles. The topological polar surface area (TPSA) is 33.2 Å². The van der Waals surface area contributed by atoms with E-state index in [2.05, 4.69) is 20.9 Å². The van der Waals surface area contributed by atoms with Gasteiger partial charge < -0.3 is 4.90 Å². The molecule has 1 aliphatic carbocycles. The van der Waals surface area contributed by atoms with Gasteiger partial charge in [0.05, 0.1) is 5.56 Å². The number of aromatic nitrogens is 1. The molecule has 0 bridgehead atoms. The summed E-state index contributed by atoms with van der Waals surface area (Å²) < 4.78 is 0. The highest BCUT2D eigenvalue weighted by Gasteiger charge is 2.29. The van der Waals surface area contributed by atoms with Crippen LogP contribution in [0.4, 0.5) is 0 Å². The fourth-order valence-corrected chi connectivity index (χ4v) is 3.25. The van der Waals surface area contributed by atoms with E-state index in [-0.39, 0.29) is 5.91 Å². The van der Waals surface area contributed by atoms with E-state index in [4.69, 9.17) is 0 Å². The van der Waals surface area contributed by atoms with Gasteiger partial charge in [-0.25, -0.2) is 0 Å². The second-order valence-corrected chi connectivity index (χ2v) is 6.05. The van der Waals surface area contributed by atoms with Crippen molar-refractivity contribution in [3.8, 4) is 0 Å². The summed E-state index contributed by atoms with van der Waals surface area (Å²) in [6.07, 6.45) is 4.06. The van der Waals surface area contributed by atoms with Crippen LogP contribution >= 0.6 is 15.9 Å². The van der Waals surface area contributed by atoms with Crippen molar-refractivity contribution in [1.29, 1.82) is 0 Å². The summed E-state index contributed by atoms with van der Waals surface area (Å²) in [7, 11) is 1.87. The monoisotopic (exact) mass is 296 g/mol. The minimum absolute atomic E-state index is 0.0774. The van der Waals surface area contributed by atoms with Crippen molar-refractivity contribution in [2.24, 2.45) is 5.92 Å². The quantitative estimate of drug-likeness (QED) is 0.804. The second-order valence-electron chi connectivity index (χ2n) is 4.76. The van der Waals surface area contributed by atoms with E-state index in [0.717, 1.165) is 12.2 Å². The molecular weight excluding hydrogens is 280 g/mol. The maximum atomic E-state index is 12.2. The number of carbonyl (C=O) groups excluding carboxylic acids is 1. The molecule has 4 heteroatoms. The van der Waals surface area contributed by atoms with Gasteiger partial charge in [-0.05, 0) is 37.8 Å². The van der Waals surface area contributed by atoms with E-state index < -0.39 is 0 Å². The lowest BCUT2D eigenvalue weighted by atomic mass is 9.85. The van der Waals surface area contributed by atoms with Gasteiger partial charge in [-0.1, -0.05) is 15.9 Å². The summed E-state index contributed by atoms with van der Waals surface area (Å²) in [5.41, 5.74) is 1.51. The summed E-state index contributed by atoms with van der Waals surface area (Å²) in [4.78, 5) is 18.8. The molecule has 92 valence electrons. The van der Waals surface area contributed by atoms with Crippen LogP contribution in [-0.2, 0) is 0 Å². The highest BCUT2D eigenvalue weighted by atomic mass is 79.9. The molecule has 0 atom stereocenters. The first-order valence-electron chi connectivity index (χ1n) is 5.89. The van der Waals surface area contributed by atoms with Crippen LogP contribution in [-0.4, -0.2) is 34.2 Å². The molecular formula is C13H17BrN2O. The van der Waals surface area contributed by atoms with Crippen molar-refractivity contribution >= 4 is 21.8 Å². The molecule has 3 nitrogen and oxygen atoms in total. The molecule has 0 aromatic carbocycles. The fourth-order valence-electron chi connectivity index (χ4n) is 2.19. The molecule has 1 saturated carbocycles. The van der Waals surface area contributed by atoms with Gasteiger partial charge in [0.25, 0.3) is 5.91 Å². The van der Waals surface area contributed by atoms with Gasteiger partial charge in [0.15, 0.2) is 0 Å². The zero-order valence-corrected chi connectivity index (χ0v) is 11.8. The molecule has 0 aliphatic heterocycles. The standard InChI is InChI=1S/C13H17BrN2O/c1-9-12(4-3-5-15-9)13(17)16(2)8-10-6-11(14)7-10/h3-5,10-11H,6-8H2,1-2H3. The highest BCUT2D eigenvalue weighted by molar-refractivity contribution is 9.09. The third-order valence-corrected chi connectivity index (χ3v) is 4.04. The third-order valence-electron chi connectivity index (χ3n) is 3.29. The van der Waals surface area contributed by atoms with Crippen LogP contribution in [0, 0.1) is 12.8 Å². The van der Waals surface area contributed by atoms with Gasteiger partial charge in [0, 0.05) is 30.3 Å². The van der Waals surface area contributed by atoms with Crippen LogP contribution < -0.4 is 0 Å². The minimum atomic E-state index is 0.0774. The zero-order chi connectivity index (χ0) is 12.4. The number of aryl methyl sites for hydroxylation is 1. The van der Waals surface area contributed by atoms with E-state index in [1.54, 1.807) is 6.20 Å². The van der Waals surface area contributed by atoms with E-state index in [1.165, 1.54) is 12.8 Å². The summed E-state index contributed by atoms with van der Waals surface area (Å²) in [5.74, 6) is 0.721. The smallest absolute Gasteiger partial charge is 0.255 e. The van der Waals surface area contributed by atoms with Crippen LogP contribution in [0.15, 0.2) is 18.3 Å². The molecule has 0 spiro atoms. The number of pyridine rings is 1. The molecule has 17 heavy (non-hydrogen) atoms. The second kappa shape index (κ2) is 5.17. The fraction of sp³-hybridized carbons (Fsp3) is 0.538. The van der Waals surface area contributed by atoms with Crippen LogP contribution in [0.3, 0.4) is 0 Å². The number of carbonyl (C=O) groups is 1. The zero-order valence-electron chi connectivity index (χ0n) is 10.2. The van der Waals surface area contributed by atoms with Crippen molar-refractivity contribution in [3.63, 3.8) is 0 Å². The Balaban J connectivity index is 1.97. The SMILES string of the molecule is Cc1ncccc1C(=O)N(C)CC1CC(Br)C1. The van der Waals surface area contributed by atoms with E-state index >= 15 is 0 Å². The average molecular weight is 297 g/mol. The Morgan fingerprint density at radius 1 is 1.59 bits per heavy atom. The normalized spacial score (nSPS) is 23.0. The molecule has 1 heterocycles. The van der Waals surface area contributed by atoms with E-state index in [1.807, 2.05) is 31.0 Å². The van der Waals surface area contributed by atoms with Crippen LogP contribution in [0.1, 0.15) is 28.9 Å². The first kappa shape index (κ1) is 12.6. The van der Waals surface area contributed by atoms with Crippen LogP contribution in [0.25, 0.3) is 0 Å². The van der Waals surface area contributed by atoms with Crippen molar-refractivity contribution < 1.29 is 4.79 Å². The molecule has 2 rings (SSSR count). The Morgan fingerprint density at radius 2 is 2.29 bits per heavy atom. The molecule has 1 aromatic rings. The number of amides is 1. The number of rotatable bonds is 3. The van der Waals surface area contributed by atoms with Crippen molar-refractivity contribution in [3.05, 3.63) is 29.6 Å². The van der Waals surface area contributed by atoms with Crippen molar-refractivity contribution in [1.82, 2.24) is 9.88 Å². The molecule has 0 radical (unpaired) electrons. The molecule has 1 fully saturated rings. The number of hydrogen-bond acceptors (Lipinski definition) is 2. The van der Waals surface area contributed by atoms with Gasteiger partial charge in [-0.15, -0.1) is 0 Å². The number of hydrogen-bond donors (Lipinski definition) is 0. The molecule has 0 unspecified atom stereocenters. The van der Waals surface area contributed by atoms with Crippen molar-refractivity contribution in [2.45, 2.75) is 24.6 Å². The summed E-state index contributed by atoms with van der Waals surface area (Å²) in [6, 6.07) is 3.65. The Hall–Kier alpha value is -0.900. The highest BCUT2D eigenvalue weighted by Crippen LogP contribution is 2.33. The van der Waals surface area contributed by atoms with Crippen molar-refractivity contribution in [2.75, 3.05) is 13.6 Å². The molecule has 0 N–H and O–H groups in total. The summed E-state index contributed by atoms with van der Waals surface area (Å²) in [5, 5.41) is 0. The number of alkyl halides is 1. The molecule has 1 amide bonds. The summed E-state index contributed by atoms with van der Waals surface area (Å²) in [6.45, 7) is 2.72. The lowest BCUT2D eigenvalue weighted by Crippen LogP contribution is -2.38. The maximum Gasteiger partial charge on any atom is 0.255 e. The molecule has 0 saturated heterocycles. The van der Waals surface area contributed by atoms with Crippen LogP contribution in [0.2, 0.25) is 0 Å². The summed E-state index contributed by atoms with van der Waals surface area (Å²) >= 11 is 3.57. The van der Waals surface area contributed by atoms with Gasteiger partial charge in [-0.2, -0.15) is 0 Å². The Morgan fingerprint density at radius 3 is 2.88 bits per heavy atom. The van der Waals surface area contributed by atoms with Gasteiger partial charge in [0.2, 0.25) is 0 Å². The lowest BCUT2D eigenvalue weighted by molar-refractivity contribution is 0.0747. The van der Waals surface area contributed by atoms with Gasteiger partial charge in [-0.3, -0.25) is 9.78 Å². The maximum absolute atomic E-state index is 12.2. The predicted octanol–water partition coefficient (Wildman–Crippen LogP) is 2.64. The Labute approximate surface area is 110 Å². The third kappa shape index (κ3) is 2.86.